The number of hydrogen-bond donors (Lipinski definition) is 1. The zero-order valence-electron chi connectivity index (χ0n) is 18.8. The Bertz CT molecular complexity index is 1160. The number of anilines is 1. The van der Waals surface area contributed by atoms with E-state index in [0.29, 0.717) is 40.6 Å². The SMILES string of the molecule is CCOc1ccccc1C1C(C(=O)OCC(C)C)=C(C)Nc2c1c(=O)n(C)c(=O)n2C. The molecule has 0 radical (unpaired) electrons. The largest absolute Gasteiger partial charge is 0.494 e. The van der Waals surface area contributed by atoms with Crippen LogP contribution in [0.25, 0.3) is 0 Å². The predicted molar refractivity (Wildman–Crippen MR) is 118 cm³/mol. The van der Waals surface area contributed by atoms with Gasteiger partial charge in [0, 0.05) is 25.4 Å². The number of allylic oxidation sites excluding steroid dienone is 1. The maximum atomic E-state index is 13.3. The van der Waals surface area contributed by atoms with E-state index in [4.69, 9.17) is 9.47 Å². The van der Waals surface area contributed by atoms with Crippen molar-refractivity contribution in [2.24, 2.45) is 20.0 Å². The number of carbonyl (C=O) groups is 1. The molecule has 1 aromatic carbocycles. The molecule has 8 nitrogen and oxygen atoms in total. The van der Waals surface area contributed by atoms with Gasteiger partial charge in [0.15, 0.2) is 0 Å². The Morgan fingerprint density at radius 3 is 2.48 bits per heavy atom. The van der Waals surface area contributed by atoms with E-state index < -0.39 is 23.1 Å². The van der Waals surface area contributed by atoms with Crippen LogP contribution >= 0.6 is 0 Å². The van der Waals surface area contributed by atoms with Gasteiger partial charge in [0.2, 0.25) is 0 Å². The molecule has 0 saturated carbocycles. The third kappa shape index (κ3) is 4.02. The molecule has 0 aliphatic carbocycles. The van der Waals surface area contributed by atoms with Gasteiger partial charge in [0.05, 0.1) is 30.3 Å². The highest BCUT2D eigenvalue weighted by Gasteiger charge is 2.38. The Labute approximate surface area is 181 Å². The molecule has 0 bridgehead atoms. The number of ether oxygens (including phenoxy) is 2. The second-order valence-electron chi connectivity index (χ2n) is 8.03. The van der Waals surface area contributed by atoms with Crippen LogP contribution in [0.5, 0.6) is 5.75 Å². The first-order chi connectivity index (χ1) is 14.7. The average Bonchev–Trinajstić information content (AvgIpc) is 2.74. The van der Waals surface area contributed by atoms with Crippen molar-refractivity contribution in [3.8, 4) is 5.75 Å². The Morgan fingerprint density at radius 2 is 1.84 bits per heavy atom. The average molecular weight is 428 g/mol. The molecule has 2 heterocycles. The van der Waals surface area contributed by atoms with E-state index in [1.165, 1.54) is 11.6 Å². The van der Waals surface area contributed by atoms with Gasteiger partial charge in [0.1, 0.15) is 11.6 Å². The number of esters is 1. The van der Waals surface area contributed by atoms with Gasteiger partial charge >= 0.3 is 11.7 Å². The highest BCUT2D eigenvalue weighted by atomic mass is 16.5. The number of benzene rings is 1. The van der Waals surface area contributed by atoms with Gasteiger partial charge in [-0.15, -0.1) is 0 Å². The molecular weight excluding hydrogens is 398 g/mol. The lowest BCUT2D eigenvalue weighted by atomic mass is 9.81. The summed E-state index contributed by atoms with van der Waals surface area (Å²) in [5.74, 6) is -0.153. The minimum atomic E-state index is -0.746. The monoisotopic (exact) mass is 427 g/mol. The fourth-order valence-corrected chi connectivity index (χ4v) is 3.80. The van der Waals surface area contributed by atoms with Crippen LogP contribution in [-0.4, -0.2) is 28.3 Å². The van der Waals surface area contributed by atoms with E-state index in [-0.39, 0.29) is 12.5 Å². The van der Waals surface area contributed by atoms with Gasteiger partial charge in [-0.25, -0.2) is 9.59 Å². The van der Waals surface area contributed by atoms with Crippen LogP contribution in [0.3, 0.4) is 0 Å². The third-order valence-electron chi connectivity index (χ3n) is 5.28. The molecule has 1 aliphatic heterocycles. The van der Waals surface area contributed by atoms with Crippen molar-refractivity contribution in [2.45, 2.75) is 33.6 Å². The summed E-state index contributed by atoms with van der Waals surface area (Å²) in [5, 5.41) is 3.09. The van der Waals surface area contributed by atoms with Crippen molar-refractivity contribution in [1.29, 1.82) is 0 Å². The summed E-state index contributed by atoms with van der Waals surface area (Å²) in [5.41, 5.74) is 0.907. The molecule has 1 N–H and O–H groups in total. The van der Waals surface area contributed by atoms with Crippen molar-refractivity contribution in [3.63, 3.8) is 0 Å². The molecule has 3 rings (SSSR count). The molecule has 2 aromatic rings. The smallest absolute Gasteiger partial charge is 0.336 e. The first-order valence-electron chi connectivity index (χ1n) is 10.4. The topological polar surface area (TPSA) is 91.6 Å². The summed E-state index contributed by atoms with van der Waals surface area (Å²) in [7, 11) is 3.02. The van der Waals surface area contributed by atoms with Crippen LogP contribution in [0.1, 0.15) is 44.7 Å². The molecule has 0 fully saturated rings. The summed E-state index contributed by atoms with van der Waals surface area (Å²) in [6, 6.07) is 7.30. The fraction of sp³-hybridized carbons (Fsp3) is 0.435. The maximum Gasteiger partial charge on any atom is 0.336 e. The van der Waals surface area contributed by atoms with Gasteiger partial charge < -0.3 is 14.8 Å². The summed E-state index contributed by atoms with van der Waals surface area (Å²) in [4.78, 5) is 39.0. The van der Waals surface area contributed by atoms with E-state index >= 15 is 0 Å². The molecule has 31 heavy (non-hydrogen) atoms. The van der Waals surface area contributed by atoms with E-state index in [2.05, 4.69) is 5.32 Å². The minimum Gasteiger partial charge on any atom is -0.494 e. The molecule has 1 aromatic heterocycles. The Hall–Kier alpha value is -3.29. The molecular formula is C23H29N3O5. The van der Waals surface area contributed by atoms with Gasteiger partial charge in [-0.1, -0.05) is 32.0 Å². The maximum absolute atomic E-state index is 13.3. The number of hydrogen-bond acceptors (Lipinski definition) is 6. The van der Waals surface area contributed by atoms with Crippen LogP contribution in [0.4, 0.5) is 5.82 Å². The van der Waals surface area contributed by atoms with E-state index in [9.17, 15) is 14.4 Å². The Balaban J connectivity index is 2.33. The minimum absolute atomic E-state index is 0.163. The van der Waals surface area contributed by atoms with E-state index in [1.54, 1.807) is 20.0 Å². The van der Waals surface area contributed by atoms with Gasteiger partial charge in [-0.3, -0.25) is 13.9 Å². The second kappa shape index (κ2) is 8.83. The molecule has 8 heteroatoms. The van der Waals surface area contributed by atoms with Crippen molar-refractivity contribution in [2.75, 3.05) is 18.5 Å². The fourth-order valence-electron chi connectivity index (χ4n) is 3.80. The lowest BCUT2D eigenvalue weighted by Crippen LogP contribution is -2.43. The number of fused-ring (bicyclic) bond motifs is 1. The van der Waals surface area contributed by atoms with Crippen LogP contribution in [-0.2, 0) is 23.6 Å². The Kier molecular flexibility index (Phi) is 6.38. The molecule has 1 unspecified atom stereocenters. The van der Waals surface area contributed by atoms with Crippen LogP contribution in [0.15, 0.2) is 45.1 Å². The molecule has 1 aliphatic rings. The standard InChI is InChI=1S/C23H29N3O5/c1-7-30-16-11-9-8-10-15(16)18-17(22(28)31-12-13(2)3)14(4)24-20-19(18)21(27)26(6)23(29)25(20)5/h8-11,13,18,24H,7,12H2,1-6H3. The van der Waals surface area contributed by atoms with Crippen LogP contribution in [0, 0.1) is 5.92 Å². The van der Waals surface area contributed by atoms with E-state index in [0.717, 1.165) is 4.57 Å². The number of nitrogens with zero attached hydrogens (tertiary/aromatic N) is 2. The number of para-hydroxylation sites is 1. The zero-order valence-corrected chi connectivity index (χ0v) is 18.8. The van der Waals surface area contributed by atoms with Crippen molar-refractivity contribution < 1.29 is 14.3 Å². The predicted octanol–water partition coefficient (Wildman–Crippen LogP) is 2.51. The molecule has 1 atom stereocenters. The van der Waals surface area contributed by atoms with Crippen molar-refractivity contribution in [3.05, 3.63) is 67.5 Å². The third-order valence-corrected chi connectivity index (χ3v) is 5.28. The quantitative estimate of drug-likeness (QED) is 0.713. The highest BCUT2D eigenvalue weighted by molar-refractivity contribution is 5.94. The molecule has 166 valence electrons. The number of rotatable bonds is 6. The molecule has 0 amide bonds. The lowest BCUT2D eigenvalue weighted by Gasteiger charge is -2.31. The summed E-state index contributed by atoms with van der Waals surface area (Å²) >= 11 is 0. The molecule has 0 saturated heterocycles. The number of nitrogens with one attached hydrogen (secondary N) is 1. The summed E-state index contributed by atoms with van der Waals surface area (Å²) < 4.78 is 13.8. The van der Waals surface area contributed by atoms with Crippen molar-refractivity contribution >= 4 is 11.8 Å². The lowest BCUT2D eigenvalue weighted by molar-refractivity contribution is -0.140. The second-order valence-corrected chi connectivity index (χ2v) is 8.03. The number of aromatic nitrogens is 2. The Morgan fingerprint density at radius 1 is 1.16 bits per heavy atom. The van der Waals surface area contributed by atoms with Crippen LogP contribution in [0.2, 0.25) is 0 Å². The zero-order chi connectivity index (χ0) is 22.9. The van der Waals surface area contributed by atoms with E-state index in [1.807, 2.05) is 39.0 Å². The first-order valence-corrected chi connectivity index (χ1v) is 10.4. The summed E-state index contributed by atoms with van der Waals surface area (Å²) in [6.45, 7) is 8.21. The summed E-state index contributed by atoms with van der Waals surface area (Å²) in [6.07, 6.45) is 0. The molecule has 0 spiro atoms. The van der Waals surface area contributed by atoms with Gasteiger partial charge in [-0.05, 0) is 25.8 Å². The van der Waals surface area contributed by atoms with Gasteiger partial charge in [0.25, 0.3) is 5.56 Å². The number of carbonyl (C=O) groups excluding carboxylic acids is 1. The van der Waals surface area contributed by atoms with Crippen LogP contribution < -0.4 is 21.3 Å². The van der Waals surface area contributed by atoms with Gasteiger partial charge in [-0.2, -0.15) is 0 Å². The van der Waals surface area contributed by atoms with Crippen molar-refractivity contribution in [1.82, 2.24) is 9.13 Å². The highest BCUT2D eigenvalue weighted by Crippen LogP contribution is 2.43. The normalized spacial score (nSPS) is 15.5. The first kappa shape index (κ1) is 22.4.